The zero-order valence-electron chi connectivity index (χ0n) is 18.7. The summed E-state index contributed by atoms with van der Waals surface area (Å²) in [5.74, 6) is -5.53. The molecule has 3 saturated heterocycles. The normalized spacial score (nSPS) is 24.3. The SMILES string of the molecule is O=C1COC(=O)C1C(c1ccccc1N1CCN(Cc2ccccc2)CC1)C1C(=O)COC1=O. The van der Waals surface area contributed by atoms with Gasteiger partial charge < -0.3 is 14.4 Å². The van der Waals surface area contributed by atoms with E-state index in [1.54, 1.807) is 12.1 Å². The fourth-order valence-corrected chi connectivity index (χ4v) is 5.20. The molecule has 0 spiro atoms. The number of Topliss-reactive ketones (excluding diaryl/α,β-unsaturated/α-hetero) is 2. The summed E-state index contributed by atoms with van der Waals surface area (Å²) in [5.41, 5.74) is 2.72. The number of piperazine rings is 1. The summed E-state index contributed by atoms with van der Waals surface area (Å²) >= 11 is 0. The van der Waals surface area contributed by atoms with Crippen LogP contribution in [0.2, 0.25) is 0 Å². The largest absolute Gasteiger partial charge is 0.457 e. The number of carbonyl (C=O) groups excluding carboxylic acids is 4. The lowest BCUT2D eigenvalue weighted by atomic mass is 9.74. The summed E-state index contributed by atoms with van der Waals surface area (Å²) in [6.45, 7) is 3.34. The Morgan fingerprint density at radius 2 is 1.29 bits per heavy atom. The molecule has 2 unspecified atom stereocenters. The van der Waals surface area contributed by atoms with E-state index in [-0.39, 0.29) is 13.2 Å². The van der Waals surface area contributed by atoms with Crippen molar-refractivity contribution in [2.75, 3.05) is 44.3 Å². The minimum absolute atomic E-state index is 0.337. The van der Waals surface area contributed by atoms with Crippen molar-refractivity contribution < 1.29 is 28.7 Å². The zero-order chi connectivity index (χ0) is 23.7. The molecular weight excluding hydrogens is 436 g/mol. The van der Waals surface area contributed by atoms with Gasteiger partial charge in [0.2, 0.25) is 0 Å². The maximum absolute atomic E-state index is 12.6. The van der Waals surface area contributed by atoms with E-state index in [0.29, 0.717) is 5.56 Å². The van der Waals surface area contributed by atoms with Gasteiger partial charge in [-0.1, -0.05) is 48.5 Å². The zero-order valence-corrected chi connectivity index (χ0v) is 18.7. The van der Waals surface area contributed by atoms with Crippen molar-refractivity contribution >= 4 is 29.2 Å². The third-order valence-corrected chi connectivity index (χ3v) is 6.89. The van der Waals surface area contributed by atoms with Gasteiger partial charge in [-0.25, -0.2) is 0 Å². The molecule has 0 radical (unpaired) electrons. The van der Waals surface area contributed by atoms with E-state index >= 15 is 0 Å². The van der Waals surface area contributed by atoms with E-state index in [9.17, 15) is 19.2 Å². The van der Waals surface area contributed by atoms with Gasteiger partial charge in [0.25, 0.3) is 0 Å². The van der Waals surface area contributed by atoms with Gasteiger partial charge in [0.15, 0.2) is 24.8 Å². The number of carbonyl (C=O) groups is 4. The van der Waals surface area contributed by atoms with Crippen LogP contribution in [-0.4, -0.2) is 67.8 Å². The molecule has 0 aliphatic carbocycles. The van der Waals surface area contributed by atoms with E-state index < -0.39 is 41.3 Å². The first kappa shape index (κ1) is 22.3. The lowest BCUT2D eigenvalue weighted by Gasteiger charge is -2.38. The number of rotatable bonds is 6. The number of para-hydroxylation sites is 1. The van der Waals surface area contributed by atoms with Gasteiger partial charge in [-0.05, 0) is 17.2 Å². The maximum atomic E-state index is 12.6. The molecule has 5 rings (SSSR count). The Bertz CT molecular complexity index is 1040. The predicted octanol–water partition coefficient (Wildman–Crippen LogP) is 1.58. The molecule has 3 aliphatic rings. The van der Waals surface area contributed by atoms with Crippen molar-refractivity contribution in [1.29, 1.82) is 0 Å². The topological polar surface area (TPSA) is 93.2 Å². The van der Waals surface area contributed by atoms with Gasteiger partial charge in [0.1, 0.15) is 11.8 Å². The van der Waals surface area contributed by atoms with Crippen LogP contribution < -0.4 is 4.90 Å². The van der Waals surface area contributed by atoms with Gasteiger partial charge in [-0.3, -0.25) is 24.1 Å². The first-order valence-electron chi connectivity index (χ1n) is 11.5. The molecule has 2 aromatic rings. The van der Waals surface area contributed by atoms with Gasteiger partial charge >= 0.3 is 11.9 Å². The second-order valence-electron chi connectivity index (χ2n) is 8.94. The Kier molecular flexibility index (Phi) is 6.15. The fraction of sp³-hybridized carbons (Fsp3) is 0.385. The van der Waals surface area contributed by atoms with E-state index in [1.807, 2.05) is 30.3 Å². The average Bonchev–Trinajstić information content (AvgIpc) is 3.37. The van der Waals surface area contributed by atoms with Crippen LogP contribution >= 0.6 is 0 Å². The van der Waals surface area contributed by atoms with Gasteiger partial charge in [-0.2, -0.15) is 0 Å². The highest BCUT2D eigenvalue weighted by molar-refractivity contribution is 6.10. The monoisotopic (exact) mass is 462 g/mol. The molecule has 176 valence electrons. The van der Waals surface area contributed by atoms with Crippen LogP contribution in [0.1, 0.15) is 17.0 Å². The van der Waals surface area contributed by atoms with E-state index in [4.69, 9.17) is 9.47 Å². The van der Waals surface area contributed by atoms with Crippen molar-refractivity contribution in [2.45, 2.75) is 12.5 Å². The Hall–Kier alpha value is -3.52. The molecule has 2 atom stereocenters. The minimum Gasteiger partial charge on any atom is -0.457 e. The third kappa shape index (κ3) is 4.21. The standard InChI is InChI=1S/C26H26N2O6/c29-20-15-33-25(31)23(20)22(24-21(30)16-34-26(24)32)18-8-4-5-9-19(18)28-12-10-27(11-13-28)14-17-6-2-1-3-7-17/h1-9,22-24H,10-16H2. The lowest BCUT2D eigenvalue weighted by Crippen LogP contribution is -2.46. The third-order valence-electron chi connectivity index (χ3n) is 6.89. The summed E-state index contributed by atoms with van der Waals surface area (Å²) in [6, 6.07) is 17.7. The molecule has 0 aromatic heterocycles. The molecule has 3 aliphatic heterocycles. The quantitative estimate of drug-likeness (QED) is 0.472. The van der Waals surface area contributed by atoms with Crippen LogP contribution in [-0.2, 0) is 35.2 Å². The lowest BCUT2D eigenvalue weighted by molar-refractivity contribution is -0.145. The number of nitrogens with zero attached hydrogens (tertiary/aromatic N) is 2. The molecule has 3 heterocycles. The molecule has 3 fully saturated rings. The van der Waals surface area contributed by atoms with Crippen LogP contribution in [0.4, 0.5) is 5.69 Å². The number of anilines is 1. The van der Waals surface area contributed by atoms with Gasteiger partial charge in [0.05, 0.1) is 0 Å². The first-order valence-corrected chi connectivity index (χ1v) is 11.5. The number of cyclic esters (lactones) is 2. The van der Waals surface area contributed by atoms with Crippen molar-refractivity contribution in [3.63, 3.8) is 0 Å². The van der Waals surface area contributed by atoms with Crippen molar-refractivity contribution in [3.8, 4) is 0 Å². The van der Waals surface area contributed by atoms with E-state index in [1.165, 1.54) is 5.56 Å². The molecule has 0 amide bonds. The Morgan fingerprint density at radius 3 is 1.85 bits per heavy atom. The van der Waals surface area contributed by atoms with Gasteiger partial charge in [0, 0.05) is 44.3 Å². The molecule has 34 heavy (non-hydrogen) atoms. The molecule has 8 nitrogen and oxygen atoms in total. The Morgan fingerprint density at radius 1 is 0.735 bits per heavy atom. The highest BCUT2D eigenvalue weighted by Gasteiger charge is 2.53. The summed E-state index contributed by atoms with van der Waals surface area (Å²) < 4.78 is 9.99. The number of hydrogen-bond acceptors (Lipinski definition) is 8. The molecule has 2 aromatic carbocycles. The van der Waals surface area contributed by atoms with Gasteiger partial charge in [-0.15, -0.1) is 0 Å². The number of hydrogen-bond donors (Lipinski definition) is 0. The van der Waals surface area contributed by atoms with Crippen LogP contribution in [0.5, 0.6) is 0 Å². The number of ether oxygens (including phenoxy) is 2. The summed E-state index contributed by atoms with van der Waals surface area (Å²) in [6.07, 6.45) is 0. The first-order chi connectivity index (χ1) is 16.5. The fourth-order valence-electron chi connectivity index (χ4n) is 5.20. The maximum Gasteiger partial charge on any atom is 0.317 e. The second-order valence-corrected chi connectivity index (χ2v) is 8.94. The van der Waals surface area contributed by atoms with Crippen molar-refractivity contribution in [2.24, 2.45) is 11.8 Å². The molecule has 0 N–H and O–H groups in total. The smallest absolute Gasteiger partial charge is 0.317 e. The highest BCUT2D eigenvalue weighted by atomic mass is 16.5. The number of ketones is 2. The summed E-state index contributed by atoms with van der Waals surface area (Å²) in [5, 5.41) is 0. The van der Waals surface area contributed by atoms with Crippen LogP contribution in [0, 0.1) is 11.8 Å². The van der Waals surface area contributed by atoms with E-state index in [2.05, 4.69) is 21.9 Å². The average molecular weight is 463 g/mol. The second kappa shape index (κ2) is 9.38. The Labute approximate surface area is 197 Å². The minimum atomic E-state index is -1.19. The number of benzene rings is 2. The molecule has 0 bridgehead atoms. The molecule has 0 saturated carbocycles. The molecular formula is C26H26N2O6. The predicted molar refractivity (Wildman–Crippen MR) is 122 cm³/mol. The summed E-state index contributed by atoms with van der Waals surface area (Å²) in [4.78, 5) is 55.0. The Balaban J connectivity index is 1.42. The van der Waals surface area contributed by atoms with Crippen molar-refractivity contribution in [3.05, 3.63) is 65.7 Å². The van der Waals surface area contributed by atoms with Crippen LogP contribution in [0.25, 0.3) is 0 Å². The van der Waals surface area contributed by atoms with Crippen molar-refractivity contribution in [1.82, 2.24) is 4.90 Å². The highest BCUT2D eigenvalue weighted by Crippen LogP contribution is 2.43. The summed E-state index contributed by atoms with van der Waals surface area (Å²) in [7, 11) is 0. The van der Waals surface area contributed by atoms with Crippen LogP contribution in [0.3, 0.4) is 0 Å². The molecule has 8 heteroatoms. The van der Waals surface area contributed by atoms with Crippen LogP contribution in [0.15, 0.2) is 54.6 Å². The van der Waals surface area contributed by atoms with E-state index in [0.717, 1.165) is 38.4 Å². The number of esters is 2.